The highest BCUT2D eigenvalue weighted by atomic mass is 16.1. The van der Waals surface area contributed by atoms with Gasteiger partial charge in [-0.2, -0.15) is 0 Å². The fourth-order valence-electron chi connectivity index (χ4n) is 2.17. The molecule has 120 valence electrons. The topological polar surface area (TPSA) is 66.9 Å². The Morgan fingerprint density at radius 3 is 2.54 bits per heavy atom. The van der Waals surface area contributed by atoms with Gasteiger partial charge in [-0.3, -0.25) is 9.78 Å². The summed E-state index contributed by atoms with van der Waals surface area (Å²) in [4.78, 5) is 20.3. The fraction of sp³-hybridized carbons (Fsp3) is 0.105. The number of amides is 1. The van der Waals surface area contributed by atoms with Gasteiger partial charge in [0.15, 0.2) is 0 Å². The number of nitrogens with one attached hydrogen (secondary N) is 2. The average Bonchev–Trinajstić information content (AvgIpc) is 2.63. The van der Waals surface area contributed by atoms with Crippen LogP contribution in [-0.4, -0.2) is 15.9 Å². The SMILES string of the molecule is Cc1ccc(CNc2ccc(NC(=O)c3cccnc3)cn2)cc1. The highest BCUT2D eigenvalue weighted by Crippen LogP contribution is 2.12. The van der Waals surface area contributed by atoms with Crippen molar-refractivity contribution in [1.82, 2.24) is 9.97 Å². The van der Waals surface area contributed by atoms with Crippen molar-refractivity contribution >= 4 is 17.4 Å². The van der Waals surface area contributed by atoms with E-state index in [4.69, 9.17) is 0 Å². The second kappa shape index (κ2) is 7.37. The number of benzene rings is 1. The van der Waals surface area contributed by atoms with Gasteiger partial charge in [0.2, 0.25) is 0 Å². The predicted octanol–water partition coefficient (Wildman–Crippen LogP) is 3.65. The van der Waals surface area contributed by atoms with Crippen molar-refractivity contribution in [2.24, 2.45) is 0 Å². The van der Waals surface area contributed by atoms with Gasteiger partial charge in [0, 0.05) is 18.9 Å². The number of carbonyl (C=O) groups is 1. The van der Waals surface area contributed by atoms with E-state index in [-0.39, 0.29) is 5.91 Å². The second-order valence-electron chi connectivity index (χ2n) is 5.47. The summed E-state index contributed by atoms with van der Waals surface area (Å²) in [6.45, 7) is 2.77. The average molecular weight is 318 g/mol. The lowest BCUT2D eigenvalue weighted by atomic mass is 10.1. The van der Waals surface area contributed by atoms with Crippen molar-refractivity contribution < 1.29 is 4.79 Å². The normalized spacial score (nSPS) is 10.2. The van der Waals surface area contributed by atoms with Crippen LogP contribution in [0.5, 0.6) is 0 Å². The minimum absolute atomic E-state index is 0.203. The third kappa shape index (κ3) is 4.16. The van der Waals surface area contributed by atoms with Crippen LogP contribution in [0.25, 0.3) is 0 Å². The maximum absolute atomic E-state index is 12.0. The van der Waals surface area contributed by atoms with E-state index in [0.29, 0.717) is 17.8 Å². The Bertz CT molecular complexity index is 799. The lowest BCUT2D eigenvalue weighted by Crippen LogP contribution is -2.12. The van der Waals surface area contributed by atoms with Crippen molar-refractivity contribution in [1.29, 1.82) is 0 Å². The summed E-state index contributed by atoms with van der Waals surface area (Å²) in [5.41, 5.74) is 3.59. The van der Waals surface area contributed by atoms with Gasteiger partial charge in [0.25, 0.3) is 5.91 Å². The van der Waals surface area contributed by atoms with E-state index in [1.54, 1.807) is 24.5 Å². The number of hydrogen-bond acceptors (Lipinski definition) is 4. The first-order valence-corrected chi connectivity index (χ1v) is 7.67. The molecule has 1 aromatic carbocycles. The molecule has 0 fully saturated rings. The number of carbonyl (C=O) groups excluding carboxylic acids is 1. The number of rotatable bonds is 5. The molecule has 2 aromatic heterocycles. The summed E-state index contributed by atoms with van der Waals surface area (Å²) in [7, 11) is 0. The molecule has 0 bridgehead atoms. The molecule has 5 heteroatoms. The molecule has 0 atom stereocenters. The smallest absolute Gasteiger partial charge is 0.257 e. The van der Waals surface area contributed by atoms with Gasteiger partial charge < -0.3 is 10.6 Å². The first-order valence-electron chi connectivity index (χ1n) is 7.67. The summed E-state index contributed by atoms with van der Waals surface area (Å²) in [6.07, 6.45) is 4.79. The number of pyridine rings is 2. The monoisotopic (exact) mass is 318 g/mol. The molecule has 3 rings (SSSR count). The highest BCUT2D eigenvalue weighted by Gasteiger charge is 2.05. The molecule has 2 heterocycles. The summed E-state index contributed by atoms with van der Waals surface area (Å²) in [6, 6.07) is 15.4. The van der Waals surface area contributed by atoms with Gasteiger partial charge in [-0.15, -0.1) is 0 Å². The van der Waals surface area contributed by atoms with Crippen LogP contribution in [0.2, 0.25) is 0 Å². The molecule has 0 saturated heterocycles. The van der Waals surface area contributed by atoms with Crippen LogP contribution in [0.1, 0.15) is 21.5 Å². The summed E-state index contributed by atoms with van der Waals surface area (Å²) < 4.78 is 0. The summed E-state index contributed by atoms with van der Waals surface area (Å²) in [5, 5.41) is 6.06. The lowest BCUT2D eigenvalue weighted by Gasteiger charge is -2.08. The molecule has 3 aromatic rings. The van der Waals surface area contributed by atoms with Crippen LogP contribution >= 0.6 is 0 Å². The Labute approximate surface area is 140 Å². The molecular formula is C19H18N4O. The maximum atomic E-state index is 12.0. The van der Waals surface area contributed by atoms with Gasteiger partial charge in [-0.25, -0.2) is 4.98 Å². The fourth-order valence-corrected chi connectivity index (χ4v) is 2.17. The largest absolute Gasteiger partial charge is 0.366 e. The summed E-state index contributed by atoms with van der Waals surface area (Å²) >= 11 is 0. The van der Waals surface area contributed by atoms with Crippen LogP contribution in [0.3, 0.4) is 0 Å². The molecule has 24 heavy (non-hydrogen) atoms. The molecule has 0 unspecified atom stereocenters. The zero-order valence-electron chi connectivity index (χ0n) is 13.4. The Morgan fingerprint density at radius 2 is 1.88 bits per heavy atom. The number of aromatic nitrogens is 2. The van der Waals surface area contributed by atoms with E-state index < -0.39 is 0 Å². The third-order valence-electron chi connectivity index (χ3n) is 3.54. The van der Waals surface area contributed by atoms with Gasteiger partial charge in [0.05, 0.1) is 17.4 Å². The molecule has 1 amide bonds. The van der Waals surface area contributed by atoms with Crippen molar-refractivity contribution in [2.45, 2.75) is 13.5 Å². The third-order valence-corrected chi connectivity index (χ3v) is 3.54. The highest BCUT2D eigenvalue weighted by molar-refractivity contribution is 6.03. The van der Waals surface area contributed by atoms with Crippen LogP contribution < -0.4 is 10.6 Å². The zero-order valence-corrected chi connectivity index (χ0v) is 13.4. The Hall–Kier alpha value is -3.21. The molecule has 0 radical (unpaired) electrons. The predicted molar refractivity (Wildman–Crippen MR) is 94.9 cm³/mol. The van der Waals surface area contributed by atoms with E-state index in [0.717, 1.165) is 5.82 Å². The van der Waals surface area contributed by atoms with E-state index in [9.17, 15) is 4.79 Å². The Balaban J connectivity index is 1.57. The molecule has 0 aliphatic carbocycles. The first kappa shape index (κ1) is 15.7. The van der Waals surface area contributed by atoms with Crippen LogP contribution in [0.4, 0.5) is 11.5 Å². The van der Waals surface area contributed by atoms with Crippen LogP contribution in [0.15, 0.2) is 67.1 Å². The van der Waals surface area contributed by atoms with E-state index in [1.165, 1.54) is 17.3 Å². The van der Waals surface area contributed by atoms with Gasteiger partial charge in [-0.1, -0.05) is 29.8 Å². The zero-order chi connectivity index (χ0) is 16.8. The molecule has 0 aliphatic rings. The quantitative estimate of drug-likeness (QED) is 0.753. The molecule has 0 aliphatic heterocycles. The van der Waals surface area contributed by atoms with Crippen LogP contribution in [0, 0.1) is 6.92 Å². The number of aryl methyl sites for hydroxylation is 1. The van der Waals surface area contributed by atoms with Gasteiger partial charge in [-0.05, 0) is 36.8 Å². The van der Waals surface area contributed by atoms with Gasteiger partial charge >= 0.3 is 0 Å². The van der Waals surface area contributed by atoms with Crippen LogP contribution in [-0.2, 0) is 6.54 Å². The Kier molecular flexibility index (Phi) is 4.81. The standard InChI is InChI=1S/C19H18N4O/c1-14-4-6-15(7-5-14)11-21-18-9-8-17(13-22-18)23-19(24)16-3-2-10-20-12-16/h2-10,12-13H,11H2,1H3,(H,21,22)(H,23,24). The van der Waals surface area contributed by atoms with Crippen molar-refractivity contribution in [3.8, 4) is 0 Å². The first-order chi connectivity index (χ1) is 11.7. The molecule has 5 nitrogen and oxygen atoms in total. The summed E-state index contributed by atoms with van der Waals surface area (Å²) in [5.74, 6) is 0.556. The molecular weight excluding hydrogens is 300 g/mol. The maximum Gasteiger partial charge on any atom is 0.257 e. The molecule has 0 spiro atoms. The van der Waals surface area contributed by atoms with Crippen molar-refractivity contribution in [2.75, 3.05) is 10.6 Å². The molecule has 2 N–H and O–H groups in total. The van der Waals surface area contributed by atoms with E-state index >= 15 is 0 Å². The Morgan fingerprint density at radius 1 is 1.04 bits per heavy atom. The second-order valence-corrected chi connectivity index (χ2v) is 5.47. The van der Waals surface area contributed by atoms with E-state index in [2.05, 4.69) is 51.8 Å². The van der Waals surface area contributed by atoms with Gasteiger partial charge in [0.1, 0.15) is 5.82 Å². The number of anilines is 2. The minimum atomic E-state index is -0.203. The lowest BCUT2D eigenvalue weighted by molar-refractivity contribution is 0.102. The van der Waals surface area contributed by atoms with Crippen molar-refractivity contribution in [3.63, 3.8) is 0 Å². The number of hydrogen-bond donors (Lipinski definition) is 2. The van der Waals surface area contributed by atoms with Crippen molar-refractivity contribution in [3.05, 3.63) is 83.8 Å². The van der Waals surface area contributed by atoms with E-state index in [1.807, 2.05) is 12.1 Å². The molecule has 0 saturated carbocycles. The minimum Gasteiger partial charge on any atom is -0.366 e. The number of nitrogens with zero attached hydrogens (tertiary/aromatic N) is 2.